The number of nitrogens with zero attached hydrogens (tertiary/aromatic N) is 1. The average molecular weight is 658 g/mol. The van der Waals surface area contributed by atoms with Crippen LogP contribution in [0.5, 0.6) is 0 Å². The monoisotopic (exact) mass is 657 g/mol. The van der Waals surface area contributed by atoms with Crippen LogP contribution in [-0.2, 0) is 38.4 Å². The van der Waals surface area contributed by atoms with Crippen molar-refractivity contribution in [2.75, 3.05) is 19.6 Å². The molecule has 0 aromatic heterocycles. The number of carboxylic acids is 3. The van der Waals surface area contributed by atoms with Gasteiger partial charge in [0.05, 0.1) is 25.4 Å². The second-order valence-corrected chi connectivity index (χ2v) is 10.8. The van der Waals surface area contributed by atoms with Crippen molar-refractivity contribution in [3.63, 3.8) is 0 Å². The molecule has 1 saturated heterocycles. The minimum atomic E-state index is -1.77. The summed E-state index contributed by atoms with van der Waals surface area (Å²) in [6.45, 7) is 3.01. The molecule has 1 aliphatic rings. The van der Waals surface area contributed by atoms with E-state index in [1.165, 1.54) is 13.8 Å². The van der Waals surface area contributed by atoms with Gasteiger partial charge in [0.2, 0.25) is 29.5 Å². The normalized spacial score (nSPS) is 16.5. The SMILES string of the molecule is CC(C)[C@H](NC(=O)[C@H](CCCN=C(N)N)NC(=O)CNC(=O)[C@H](CC(=O)O)NC(=O)[C@@H]1CCCN1)C(=O)N[C@@H](CC(=O)O)C(=O)O. The predicted octanol–water partition coefficient (Wildman–Crippen LogP) is -4.46. The molecule has 0 aromatic carbocycles. The van der Waals surface area contributed by atoms with Crippen LogP contribution < -0.4 is 43.4 Å². The third-order valence-corrected chi connectivity index (χ3v) is 6.65. The smallest absolute Gasteiger partial charge is 0.326 e. The third kappa shape index (κ3) is 14.6. The summed E-state index contributed by atoms with van der Waals surface area (Å²) < 4.78 is 0. The molecule has 0 aliphatic carbocycles. The van der Waals surface area contributed by atoms with Gasteiger partial charge in [0, 0.05) is 6.54 Å². The lowest BCUT2D eigenvalue weighted by Gasteiger charge is -2.26. The number of aliphatic carboxylic acids is 3. The highest BCUT2D eigenvalue weighted by molar-refractivity contribution is 5.96. The molecule has 0 bridgehead atoms. The predicted molar refractivity (Wildman–Crippen MR) is 159 cm³/mol. The second-order valence-electron chi connectivity index (χ2n) is 10.8. The average Bonchev–Trinajstić information content (AvgIpc) is 3.50. The van der Waals surface area contributed by atoms with Crippen LogP contribution in [0.1, 0.15) is 52.4 Å². The van der Waals surface area contributed by atoms with Crippen molar-refractivity contribution >= 4 is 53.4 Å². The van der Waals surface area contributed by atoms with E-state index in [1.807, 2.05) is 0 Å². The maximum atomic E-state index is 13.2. The molecule has 1 rings (SSSR count). The first kappa shape index (κ1) is 39.0. The highest BCUT2D eigenvalue weighted by Crippen LogP contribution is 2.08. The topological polar surface area (TPSA) is 334 Å². The lowest BCUT2D eigenvalue weighted by Crippen LogP contribution is -2.58. The summed E-state index contributed by atoms with van der Waals surface area (Å²) in [5.74, 6) is -9.53. The number of aliphatic imine (C=N–C) groups is 1. The molecule has 5 atom stereocenters. The van der Waals surface area contributed by atoms with Crippen molar-refractivity contribution < 1.29 is 53.7 Å². The Kier molecular flexibility index (Phi) is 16.4. The highest BCUT2D eigenvalue weighted by atomic mass is 16.4. The Morgan fingerprint density at radius 1 is 0.826 bits per heavy atom. The number of guanidine groups is 1. The maximum absolute atomic E-state index is 13.2. The van der Waals surface area contributed by atoms with Gasteiger partial charge in [0.15, 0.2) is 5.96 Å². The van der Waals surface area contributed by atoms with Gasteiger partial charge in [-0.1, -0.05) is 13.8 Å². The fourth-order valence-corrected chi connectivity index (χ4v) is 4.30. The molecule has 1 aliphatic heterocycles. The van der Waals surface area contributed by atoms with E-state index in [4.69, 9.17) is 16.6 Å². The fraction of sp³-hybridized carbons (Fsp3) is 0.654. The second kappa shape index (κ2) is 19.4. The van der Waals surface area contributed by atoms with E-state index in [1.54, 1.807) is 0 Å². The standard InChI is InChI=1S/C26H43N9O11/c1-12(2)20(24(44)34-16(25(45)46)10-19(39)40)35-23(43)14(6-4-8-30-26(27)28)32-17(36)11-31-21(41)15(9-18(37)38)33-22(42)13-5-3-7-29-13/h12-16,20,29H,3-11H2,1-2H3,(H,31,41)(H,32,36)(H,33,42)(H,34,44)(H,35,43)(H,37,38)(H,39,40)(H,45,46)(H4,27,28,30)/t13-,14-,15-,16-,20-/m0/s1. The number of hydrogen-bond acceptors (Lipinski definition) is 10. The first-order chi connectivity index (χ1) is 21.5. The maximum Gasteiger partial charge on any atom is 0.326 e. The van der Waals surface area contributed by atoms with Crippen molar-refractivity contribution in [2.24, 2.45) is 22.4 Å². The molecular formula is C26H43N9O11. The summed E-state index contributed by atoms with van der Waals surface area (Å²) in [7, 11) is 0. The van der Waals surface area contributed by atoms with E-state index in [0.29, 0.717) is 13.0 Å². The summed E-state index contributed by atoms with van der Waals surface area (Å²) in [5.41, 5.74) is 10.6. The molecule has 0 unspecified atom stereocenters. The van der Waals surface area contributed by atoms with E-state index in [2.05, 4.69) is 36.9 Å². The number of hydrogen-bond donors (Lipinski definition) is 11. The van der Waals surface area contributed by atoms with Gasteiger partial charge in [0.1, 0.15) is 24.2 Å². The van der Waals surface area contributed by atoms with Crippen molar-refractivity contribution in [1.82, 2.24) is 31.9 Å². The van der Waals surface area contributed by atoms with Crippen LogP contribution in [0, 0.1) is 5.92 Å². The Balaban J connectivity index is 2.98. The van der Waals surface area contributed by atoms with Gasteiger partial charge in [0.25, 0.3) is 0 Å². The molecule has 13 N–H and O–H groups in total. The van der Waals surface area contributed by atoms with E-state index in [-0.39, 0.29) is 25.3 Å². The minimum absolute atomic E-state index is 0.0580. The summed E-state index contributed by atoms with van der Waals surface area (Å²) >= 11 is 0. The van der Waals surface area contributed by atoms with Gasteiger partial charge in [-0.3, -0.25) is 38.6 Å². The van der Waals surface area contributed by atoms with Gasteiger partial charge in [-0.05, 0) is 38.1 Å². The number of rotatable bonds is 20. The van der Waals surface area contributed by atoms with Gasteiger partial charge >= 0.3 is 17.9 Å². The lowest BCUT2D eigenvalue weighted by atomic mass is 10.0. The summed E-state index contributed by atoms with van der Waals surface area (Å²) in [5, 5.41) is 41.8. The van der Waals surface area contributed by atoms with E-state index < -0.39 is 103 Å². The number of carbonyl (C=O) groups is 8. The zero-order chi connectivity index (χ0) is 35.0. The number of carbonyl (C=O) groups excluding carboxylic acids is 5. The van der Waals surface area contributed by atoms with Gasteiger partial charge in [-0.15, -0.1) is 0 Å². The Labute approximate surface area is 263 Å². The molecule has 1 heterocycles. The molecule has 5 amide bonds. The lowest BCUT2D eigenvalue weighted by molar-refractivity contribution is -0.147. The van der Waals surface area contributed by atoms with Crippen LogP contribution in [0.2, 0.25) is 0 Å². The van der Waals surface area contributed by atoms with Gasteiger partial charge in [-0.2, -0.15) is 0 Å². The van der Waals surface area contributed by atoms with E-state index in [0.717, 1.165) is 6.42 Å². The molecule has 0 spiro atoms. The Morgan fingerprint density at radius 2 is 1.46 bits per heavy atom. The molecule has 1 fully saturated rings. The fourth-order valence-electron chi connectivity index (χ4n) is 4.30. The van der Waals surface area contributed by atoms with E-state index >= 15 is 0 Å². The van der Waals surface area contributed by atoms with Crippen LogP contribution in [-0.4, -0.2) is 119 Å². The summed E-state index contributed by atoms with van der Waals surface area (Å²) in [6, 6.07) is -6.50. The first-order valence-electron chi connectivity index (χ1n) is 14.4. The van der Waals surface area contributed by atoms with Crippen LogP contribution in [0.25, 0.3) is 0 Å². The number of amides is 5. The zero-order valence-corrected chi connectivity index (χ0v) is 25.5. The molecule has 0 aromatic rings. The summed E-state index contributed by atoms with van der Waals surface area (Å²) in [6.07, 6.45) is -0.325. The van der Waals surface area contributed by atoms with Gasteiger partial charge in [-0.25, -0.2) is 4.79 Å². The Morgan fingerprint density at radius 3 is 1.98 bits per heavy atom. The molecule has 20 nitrogen and oxygen atoms in total. The first-order valence-corrected chi connectivity index (χ1v) is 14.4. The number of carboxylic acid groups (broad SMARTS) is 3. The van der Waals surface area contributed by atoms with Crippen LogP contribution >= 0.6 is 0 Å². The van der Waals surface area contributed by atoms with Gasteiger partial charge < -0.3 is 58.7 Å². The molecule has 46 heavy (non-hydrogen) atoms. The summed E-state index contributed by atoms with van der Waals surface area (Å²) in [4.78, 5) is 101. The largest absolute Gasteiger partial charge is 0.481 e. The van der Waals surface area contributed by atoms with Crippen molar-refractivity contribution in [2.45, 2.75) is 82.6 Å². The molecule has 258 valence electrons. The molecule has 0 saturated carbocycles. The highest BCUT2D eigenvalue weighted by Gasteiger charge is 2.33. The molecular weight excluding hydrogens is 614 g/mol. The third-order valence-electron chi connectivity index (χ3n) is 6.65. The minimum Gasteiger partial charge on any atom is -0.481 e. The van der Waals surface area contributed by atoms with Crippen molar-refractivity contribution in [1.29, 1.82) is 0 Å². The Bertz CT molecular complexity index is 1170. The number of nitrogens with one attached hydrogen (secondary N) is 6. The van der Waals surface area contributed by atoms with Crippen molar-refractivity contribution in [3.8, 4) is 0 Å². The molecule has 0 radical (unpaired) electrons. The number of nitrogens with two attached hydrogens (primary N) is 2. The van der Waals surface area contributed by atoms with Crippen LogP contribution in [0.15, 0.2) is 4.99 Å². The van der Waals surface area contributed by atoms with Crippen molar-refractivity contribution in [3.05, 3.63) is 0 Å². The van der Waals surface area contributed by atoms with E-state index in [9.17, 15) is 48.6 Å². The van der Waals surface area contributed by atoms with Crippen LogP contribution in [0.3, 0.4) is 0 Å². The molecule has 20 heteroatoms. The Hall–Kier alpha value is -5.01. The quantitative estimate of drug-likeness (QED) is 0.0334. The van der Waals surface area contributed by atoms with Crippen LogP contribution in [0.4, 0.5) is 0 Å². The zero-order valence-electron chi connectivity index (χ0n) is 25.5.